The van der Waals surface area contributed by atoms with E-state index in [4.69, 9.17) is 10.5 Å². The highest BCUT2D eigenvalue weighted by Gasteiger charge is 2.11. The average molecular weight is 187 g/mol. The molecule has 0 bridgehead atoms. The Balaban J connectivity index is 3.60. The van der Waals surface area contributed by atoms with E-state index in [1.807, 2.05) is 20.8 Å². The number of rotatable bonds is 6. The van der Waals surface area contributed by atoms with Crippen LogP contribution in [0.15, 0.2) is 0 Å². The van der Waals surface area contributed by atoms with E-state index >= 15 is 0 Å². The summed E-state index contributed by atoms with van der Waals surface area (Å²) in [6.07, 6.45) is 1.40. The lowest BCUT2D eigenvalue weighted by Crippen LogP contribution is -2.20. The summed E-state index contributed by atoms with van der Waals surface area (Å²) in [4.78, 5) is 11.2. The van der Waals surface area contributed by atoms with Crippen LogP contribution in [0.5, 0.6) is 0 Å². The highest BCUT2D eigenvalue weighted by atomic mass is 16.5. The number of hydrogen-bond acceptors (Lipinski definition) is 3. The van der Waals surface area contributed by atoms with Gasteiger partial charge in [-0.1, -0.05) is 27.2 Å². The lowest BCUT2D eigenvalue weighted by molar-refractivity contribution is -0.145. The molecule has 0 rings (SSSR count). The van der Waals surface area contributed by atoms with Crippen LogP contribution in [-0.2, 0) is 9.53 Å². The van der Waals surface area contributed by atoms with Crippen LogP contribution in [0.4, 0.5) is 0 Å². The van der Waals surface area contributed by atoms with Gasteiger partial charge < -0.3 is 10.5 Å². The van der Waals surface area contributed by atoms with Gasteiger partial charge in [-0.3, -0.25) is 4.79 Å². The molecule has 1 unspecified atom stereocenters. The van der Waals surface area contributed by atoms with E-state index in [1.165, 1.54) is 0 Å². The Hall–Kier alpha value is -0.570. The molecule has 0 radical (unpaired) electrons. The molecule has 3 heteroatoms. The zero-order valence-corrected chi connectivity index (χ0v) is 8.88. The Kier molecular flexibility index (Phi) is 6.59. The maximum atomic E-state index is 11.2. The van der Waals surface area contributed by atoms with Gasteiger partial charge in [-0.25, -0.2) is 0 Å². The van der Waals surface area contributed by atoms with Crippen molar-refractivity contribution in [3.05, 3.63) is 0 Å². The summed E-state index contributed by atoms with van der Waals surface area (Å²) in [5.41, 5.74) is 5.48. The summed E-state index contributed by atoms with van der Waals surface area (Å²) in [5.74, 6) is 0.563. The molecule has 0 aromatic rings. The third-order valence-electron chi connectivity index (χ3n) is 1.94. The van der Waals surface area contributed by atoms with Crippen molar-refractivity contribution < 1.29 is 9.53 Å². The van der Waals surface area contributed by atoms with Gasteiger partial charge in [0.2, 0.25) is 0 Å². The van der Waals surface area contributed by atoms with Crippen LogP contribution in [0.1, 0.15) is 33.6 Å². The molecule has 0 aliphatic heterocycles. The fourth-order valence-electron chi connectivity index (χ4n) is 0.949. The Labute approximate surface area is 80.6 Å². The van der Waals surface area contributed by atoms with Gasteiger partial charge in [0.05, 0.1) is 6.61 Å². The van der Waals surface area contributed by atoms with Gasteiger partial charge in [0, 0.05) is 6.42 Å². The molecule has 0 fully saturated rings. The second-order valence-corrected chi connectivity index (χ2v) is 3.79. The van der Waals surface area contributed by atoms with Gasteiger partial charge in [-0.05, 0) is 18.4 Å². The molecule has 0 amide bonds. The number of hydrogen-bond donors (Lipinski definition) is 1. The minimum absolute atomic E-state index is 0.119. The van der Waals surface area contributed by atoms with Crippen molar-refractivity contribution in [1.29, 1.82) is 0 Å². The molecule has 78 valence electrons. The molecule has 13 heavy (non-hydrogen) atoms. The summed E-state index contributed by atoms with van der Waals surface area (Å²) in [7, 11) is 0. The molecular formula is C10H21NO2. The van der Waals surface area contributed by atoms with Gasteiger partial charge in [0.25, 0.3) is 0 Å². The molecular weight excluding hydrogens is 166 g/mol. The van der Waals surface area contributed by atoms with Gasteiger partial charge in [0.15, 0.2) is 0 Å². The lowest BCUT2D eigenvalue weighted by Gasteiger charge is -2.12. The van der Waals surface area contributed by atoms with Crippen LogP contribution in [0.3, 0.4) is 0 Å². The number of ether oxygens (including phenoxy) is 1. The SMILES string of the molecule is CCC(CN)CC(=O)OCC(C)C. The molecule has 1 atom stereocenters. The van der Waals surface area contributed by atoms with Gasteiger partial charge in [-0.15, -0.1) is 0 Å². The van der Waals surface area contributed by atoms with E-state index in [-0.39, 0.29) is 11.9 Å². The van der Waals surface area contributed by atoms with Crippen molar-refractivity contribution in [1.82, 2.24) is 0 Å². The maximum Gasteiger partial charge on any atom is 0.306 e. The monoisotopic (exact) mass is 187 g/mol. The zero-order valence-electron chi connectivity index (χ0n) is 8.88. The quantitative estimate of drug-likeness (QED) is 0.642. The molecule has 0 aromatic carbocycles. The van der Waals surface area contributed by atoms with Crippen LogP contribution < -0.4 is 5.73 Å². The van der Waals surface area contributed by atoms with E-state index in [0.717, 1.165) is 6.42 Å². The highest BCUT2D eigenvalue weighted by Crippen LogP contribution is 2.07. The molecule has 0 spiro atoms. The number of esters is 1. The van der Waals surface area contributed by atoms with Crippen LogP contribution in [0, 0.1) is 11.8 Å². The molecule has 0 aliphatic carbocycles. The van der Waals surface area contributed by atoms with E-state index in [1.54, 1.807) is 0 Å². The standard InChI is InChI=1S/C10H21NO2/c1-4-9(6-11)5-10(12)13-7-8(2)3/h8-9H,4-7,11H2,1-3H3. The molecule has 0 heterocycles. The smallest absolute Gasteiger partial charge is 0.306 e. The van der Waals surface area contributed by atoms with E-state index < -0.39 is 0 Å². The lowest BCUT2D eigenvalue weighted by atomic mass is 10.0. The molecule has 0 saturated heterocycles. The molecule has 3 nitrogen and oxygen atoms in total. The van der Waals surface area contributed by atoms with Crippen molar-refractivity contribution in [2.45, 2.75) is 33.6 Å². The van der Waals surface area contributed by atoms with Crippen LogP contribution in [0.25, 0.3) is 0 Å². The molecule has 0 aliphatic rings. The second-order valence-electron chi connectivity index (χ2n) is 3.79. The van der Waals surface area contributed by atoms with E-state index in [0.29, 0.717) is 25.5 Å². The van der Waals surface area contributed by atoms with Gasteiger partial charge in [0.1, 0.15) is 0 Å². The number of nitrogens with two attached hydrogens (primary N) is 1. The van der Waals surface area contributed by atoms with Crippen LogP contribution >= 0.6 is 0 Å². The summed E-state index contributed by atoms with van der Waals surface area (Å²) in [6, 6.07) is 0. The van der Waals surface area contributed by atoms with Gasteiger partial charge >= 0.3 is 5.97 Å². The summed E-state index contributed by atoms with van der Waals surface area (Å²) in [6.45, 7) is 7.15. The first kappa shape index (κ1) is 12.4. The number of carbonyl (C=O) groups is 1. The van der Waals surface area contributed by atoms with Crippen LogP contribution in [0.2, 0.25) is 0 Å². The average Bonchev–Trinajstić information content (AvgIpc) is 2.10. The largest absolute Gasteiger partial charge is 0.465 e. The molecule has 0 saturated carbocycles. The van der Waals surface area contributed by atoms with E-state index in [2.05, 4.69) is 0 Å². The van der Waals surface area contributed by atoms with Crippen molar-refractivity contribution in [2.24, 2.45) is 17.6 Å². The minimum atomic E-state index is -0.119. The van der Waals surface area contributed by atoms with Crippen molar-refractivity contribution in [2.75, 3.05) is 13.2 Å². The van der Waals surface area contributed by atoms with Crippen molar-refractivity contribution in [3.63, 3.8) is 0 Å². The fourth-order valence-corrected chi connectivity index (χ4v) is 0.949. The molecule has 2 N–H and O–H groups in total. The summed E-state index contributed by atoms with van der Waals surface area (Å²) >= 11 is 0. The minimum Gasteiger partial charge on any atom is -0.465 e. The first-order chi connectivity index (χ1) is 6.10. The predicted octanol–water partition coefficient (Wildman–Crippen LogP) is 1.56. The first-order valence-corrected chi connectivity index (χ1v) is 4.95. The van der Waals surface area contributed by atoms with E-state index in [9.17, 15) is 4.79 Å². The zero-order chi connectivity index (χ0) is 10.3. The Morgan fingerprint density at radius 1 is 1.46 bits per heavy atom. The summed E-state index contributed by atoms with van der Waals surface area (Å²) in [5, 5.41) is 0. The third-order valence-corrected chi connectivity index (χ3v) is 1.94. The normalized spacial score (nSPS) is 13.0. The Morgan fingerprint density at radius 2 is 2.08 bits per heavy atom. The predicted molar refractivity (Wildman–Crippen MR) is 53.2 cm³/mol. The van der Waals surface area contributed by atoms with Crippen molar-refractivity contribution in [3.8, 4) is 0 Å². The topological polar surface area (TPSA) is 52.3 Å². The van der Waals surface area contributed by atoms with Gasteiger partial charge in [-0.2, -0.15) is 0 Å². The first-order valence-electron chi connectivity index (χ1n) is 4.95. The maximum absolute atomic E-state index is 11.2. The highest BCUT2D eigenvalue weighted by molar-refractivity contribution is 5.69. The summed E-state index contributed by atoms with van der Waals surface area (Å²) < 4.78 is 5.04. The second kappa shape index (κ2) is 6.89. The van der Waals surface area contributed by atoms with Crippen LogP contribution in [-0.4, -0.2) is 19.1 Å². The fraction of sp³-hybridized carbons (Fsp3) is 0.900. The third kappa shape index (κ3) is 6.58. The Bertz CT molecular complexity index is 142. The molecule has 0 aromatic heterocycles. The Morgan fingerprint density at radius 3 is 2.46 bits per heavy atom. The van der Waals surface area contributed by atoms with Crippen molar-refractivity contribution >= 4 is 5.97 Å². The number of carbonyl (C=O) groups excluding carboxylic acids is 1.